The van der Waals surface area contributed by atoms with Crippen LogP contribution in [-0.2, 0) is 9.36 Å². The molecule has 1 aromatic carbocycles. The molecule has 4 nitrogen and oxygen atoms in total. The van der Waals surface area contributed by atoms with E-state index in [2.05, 4.69) is 13.8 Å². The van der Waals surface area contributed by atoms with Crippen LogP contribution in [0.1, 0.15) is 86.8 Å². The summed E-state index contributed by atoms with van der Waals surface area (Å²) in [6, 6.07) is 4.03. The number of hydrogen-bond acceptors (Lipinski definition) is 3. The van der Waals surface area contributed by atoms with E-state index in [1.54, 1.807) is 0 Å². The van der Waals surface area contributed by atoms with Crippen molar-refractivity contribution in [1.82, 2.24) is 0 Å². The molecule has 0 aromatic heterocycles. The third-order valence-corrected chi connectivity index (χ3v) is 5.83. The summed E-state index contributed by atoms with van der Waals surface area (Å²) in [7, 11) is 1.17. The van der Waals surface area contributed by atoms with Gasteiger partial charge in [0.2, 0.25) is 0 Å². The molecule has 0 amide bonds. The predicted octanol–water partition coefficient (Wildman–Crippen LogP) is 6.58. The number of rotatable bonds is 11. The largest absolute Gasteiger partial charge is 0.481 e. The van der Waals surface area contributed by atoms with E-state index in [0.717, 1.165) is 42.4 Å². The Morgan fingerprint density at radius 3 is 1.93 bits per heavy atom. The molecule has 29 heavy (non-hydrogen) atoms. The highest BCUT2D eigenvalue weighted by atomic mass is 31.0. The van der Waals surface area contributed by atoms with E-state index in [0.29, 0.717) is 17.9 Å². The summed E-state index contributed by atoms with van der Waals surface area (Å²) < 4.78 is 8.17. The Bertz CT molecular complexity index is 646. The van der Waals surface area contributed by atoms with Crippen LogP contribution < -0.4 is 0 Å². The number of aliphatic carboxylic acids is 1. The fraction of sp³-hybridized carbons (Fsp3) is 0.667. The third-order valence-electron chi connectivity index (χ3n) is 5.83. The summed E-state index contributed by atoms with van der Waals surface area (Å²) in [4.78, 5) is 25.7. The van der Waals surface area contributed by atoms with Gasteiger partial charge in [0, 0.05) is 11.5 Å². The summed E-state index contributed by atoms with van der Waals surface area (Å²) in [5.74, 6) is -1.60. The van der Waals surface area contributed by atoms with Gasteiger partial charge in [-0.05, 0) is 50.2 Å². The second-order valence-electron chi connectivity index (χ2n) is 8.50. The first-order chi connectivity index (χ1) is 13.6. The molecular formula is C24H40O4P+. The zero-order chi connectivity index (χ0) is 22.7. The van der Waals surface area contributed by atoms with Gasteiger partial charge in [0.15, 0.2) is 5.78 Å². The number of hydrogen-bond donors (Lipinski definition) is 1. The molecule has 1 aromatic rings. The molecule has 4 unspecified atom stereocenters. The number of aryl methyl sites for hydroxylation is 3. The van der Waals surface area contributed by atoms with Gasteiger partial charge in [0.1, 0.15) is 0 Å². The quantitative estimate of drug-likeness (QED) is 0.322. The van der Waals surface area contributed by atoms with Crippen molar-refractivity contribution >= 4 is 20.9 Å². The molecule has 0 aliphatic rings. The average molecular weight is 424 g/mol. The van der Waals surface area contributed by atoms with Crippen LogP contribution in [0.3, 0.4) is 0 Å². The summed E-state index contributed by atoms with van der Waals surface area (Å²) in [5, 5.41) is 9.99. The van der Waals surface area contributed by atoms with Gasteiger partial charge in [-0.15, -0.1) is 0 Å². The topological polar surface area (TPSA) is 71.4 Å². The molecule has 0 fully saturated rings. The Balaban J connectivity index is 0.00000379. The minimum atomic E-state index is -0.834. The van der Waals surface area contributed by atoms with Crippen molar-refractivity contribution in [3.05, 3.63) is 34.4 Å². The number of benzene rings is 1. The Morgan fingerprint density at radius 2 is 1.55 bits per heavy atom. The molecule has 0 spiro atoms. The number of carboxylic acid groups (broad SMARTS) is 1. The second kappa shape index (κ2) is 13.6. The molecule has 0 aliphatic carbocycles. The maximum atomic E-state index is 13.5. The van der Waals surface area contributed by atoms with Gasteiger partial charge in [-0.1, -0.05) is 75.6 Å². The Kier molecular flexibility index (Phi) is 12.9. The molecule has 0 radical (unpaired) electrons. The Hall–Kier alpha value is -1.54. The van der Waals surface area contributed by atoms with E-state index >= 15 is 0 Å². The highest BCUT2D eigenvalue weighted by Crippen LogP contribution is 2.34. The monoisotopic (exact) mass is 423 g/mol. The van der Waals surface area contributed by atoms with Crippen molar-refractivity contribution < 1.29 is 19.3 Å². The van der Waals surface area contributed by atoms with Crippen LogP contribution in [0.2, 0.25) is 0 Å². The molecule has 5 heteroatoms. The SMILES string of the molecule is CCCCC(CC)CC(C(=O)O)C(C(=O)c1c(C)cc(C)cc1C)C(C)C.O=[PH2+]. The van der Waals surface area contributed by atoms with Crippen molar-refractivity contribution in [2.75, 3.05) is 0 Å². The second-order valence-corrected chi connectivity index (χ2v) is 8.50. The van der Waals surface area contributed by atoms with Gasteiger partial charge >= 0.3 is 15.1 Å². The minimum absolute atomic E-state index is 0.00209. The summed E-state index contributed by atoms with van der Waals surface area (Å²) in [6.45, 7) is 14.2. The van der Waals surface area contributed by atoms with Gasteiger partial charge in [-0.25, -0.2) is 0 Å². The first kappa shape index (κ1) is 27.5. The fourth-order valence-electron chi connectivity index (χ4n) is 4.43. The summed E-state index contributed by atoms with van der Waals surface area (Å²) >= 11 is 0. The lowest BCUT2D eigenvalue weighted by atomic mass is 9.72. The molecule has 1 N–H and O–H groups in total. The summed E-state index contributed by atoms with van der Waals surface area (Å²) in [5.41, 5.74) is 3.74. The Morgan fingerprint density at radius 1 is 1.03 bits per heavy atom. The molecule has 0 bridgehead atoms. The minimum Gasteiger partial charge on any atom is -0.481 e. The van der Waals surface area contributed by atoms with Crippen molar-refractivity contribution in [2.24, 2.45) is 23.7 Å². The predicted molar refractivity (Wildman–Crippen MR) is 123 cm³/mol. The molecule has 4 atom stereocenters. The lowest BCUT2D eigenvalue weighted by Crippen LogP contribution is -2.36. The van der Waals surface area contributed by atoms with E-state index in [4.69, 9.17) is 4.57 Å². The van der Waals surface area contributed by atoms with E-state index in [1.165, 1.54) is 9.12 Å². The molecule has 0 saturated heterocycles. The number of unbranched alkanes of at least 4 members (excludes halogenated alkanes) is 1. The normalized spacial score (nSPS) is 13.9. The fourth-order valence-corrected chi connectivity index (χ4v) is 4.43. The van der Waals surface area contributed by atoms with Crippen molar-refractivity contribution in [3.63, 3.8) is 0 Å². The molecule has 164 valence electrons. The highest BCUT2D eigenvalue weighted by Gasteiger charge is 2.38. The number of carbonyl (C=O) groups excluding carboxylic acids is 1. The van der Waals surface area contributed by atoms with E-state index in [-0.39, 0.29) is 11.7 Å². The van der Waals surface area contributed by atoms with Gasteiger partial charge in [-0.2, -0.15) is 0 Å². The smallest absolute Gasteiger partial charge is 0.310 e. The third kappa shape index (κ3) is 8.01. The van der Waals surface area contributed by atoms with Gasteiger partial charge < -0.3 is 5.11 Å². The zero-order valence-electron chi connectivity index (χ0n) is 19.2. The van der Waals surface area contributed by atoms with E-state index in [1.807, 2.05) is 46.8 Å². The molecule has 0 saturated carbocycles. The van der Waals surface area contributed by atoms with Gasteiger partial charge in [-0.3, -0.25) is 9.59 Å². The van der Waals surface area contributed by atoms with Crippen LogP contribution in [0.4, 0.5) is 0 Å². The zero-order valence-corrected chi connectivity index (χ0v) is 20.4. The number of Topliss-reactive ketones (excluding diaryl/α,β-unsaturated/α-hetero) is 1. The van der Waals surface area contributed by atoms with Crippen LogP contribution in [0.15, 0.2) is 12.1 Å². The maximum absolute atomic E-state index is 13.5. The van der Waals surface area contributed by atoms with Crippen molar-refractivity contribution in [1.29, 1.82) is 0 Å². The van der Waals surface area contributed by atoms with Crippen molar-refractivity contribution in [3.8, 4) is 0 Å². The molecule has 0 aliphatic heterocycles. The lowest BCUT2D eigenvalue weighted by Gasteiger charge is -2.30. The Labute approximate surface area is 179 Å². The number of carboxylic acids is 1. The van der Waals surface area contributed by atoms with Gasteiger partial charge in [0.25, 0.3) is 0 Å². The van der Waals surface area contributed by atoms with Crippen LogP contribution in [0.25, 0.3) is 0 Å². The lowest BCUT2D eigenvalue weighted by molar-refractivity contribution is -0.144. The van der Waals surface area contributed by atoms with E-state index < -0.39 is 17.8 Å². The van der Waals surface area contributed by atoms with Crippen LogP contribution in [-0.4, -0.2) is 16.9 Å². The van der Waals surface area contributed by atoms with Gasteiger partial charge in [0.05, 0.1) is 5.92 Å². The van der Waals surface area contributed by atoms with Crippen molar-refractivity contribution in [2.45, 2.75) is 80.6 Å². The first-order valence-electron chi connectivity index (χ1n) is 10.7. The number of ketones is 1. The van der Waals surface area contributed by atoms with E-state index in [9.17, 15) is 14.7 Å². The summed E-state index contributed by atoms with van der Waals surface area (Å²) in [6.07, 6.45) is 4.82. The maximum Gasteiger partial charge on any atom is 0.310 e. The molecule has 1 rings (SSSR count). The first-order valence-corrected chi connectivity index (χ1v) is 11.2. The molecular weight excluding hydrogens is 383 g/mol. The van der Waals surface area contributed by atoms with Crippen LogP contribution >= 0.6 is 9.12 Å². The van der Waals surface area contributed by atoms with Crippen LogP contribution in [0.5, 0.6) is 0 Å². The highest BCUT2D eigenvalue weighted by molar-refractivity contribution is 7.00. The number of carbonyl (C=O) groups is 2. The standard InChI is InChI=1S/C24H38O3.H2OP/c1-8-10-11-19(9-2)14-20(24(26)27)21(15(3)4)23(25)22-17(6)12-16(5)13-18(22)7;1-2/h12-13,15,19-21H,8-11,14H2,1-7H3,(H,26,27);2H2/q;+1. The van der Waals surface area contributed by atoms with Crippen LogP contribution in [0, 0.1) is 44.4 Å². The molecule has 0 heterocycles. The average Bonchev–Trinajstić information content (AvgIpc) is 2.64.